The molecule has 4 rings (SSSR count). The Morgan fingerprint density at radius 2 is 2.23 bits per heavy atom. The summed E-state index contributed by atoms with van der Waals surface area (Å²) in [6.45, 7) is 7.08. The van der Waals surface area contributed by atoms with Gasteiger partial charge in [0.1, 0.15) is 5.82 Å². The van der Waals surface area contributed by atoms with Crippen LogP contribution in [0, 0.1) is 5.41 Å². The Balaban J connectivity index is 1.55. The molecule has 4 heterocycles. The van der Waals surface area contributed by atoms with Crippen LogP contribution in [0.1, 0.15) is 26.0 Å². The fourth-order valence-electron chi connectivity index (χ4n) is 3.70. The highest BCUT2D eigenvalue weighted by Crippen LogP contribution is 2.39. The maximum absolute atomic E-state index is 12.2. The van der Waals surface area contributed by atoms with E-state index in [1.165, 1.54) is 5.69 Å². The number of halogens is 1. The summed E-state index contributed by atoms with van der Waals surface area (Å²) in [4.78, 5) is 16.4. The first-order valence-corrected chi connectivity index (χ1v) is 9.28. The van der Waals surface area contributed by atoms with Gasteiger partial charge in [-0.1, -0.05) is 25.4 Å². The Hall–Kier alpha value is -2.12. The summed E-state index contributed by atoms with van der Waals surface area (Å²) in [6.07, 6.45) is 5.30. The van der Waals surface area contributed by atoms with Gasteiger partial charge < -0.3 is 10.6 Å². The zero-order valence-corrected chi connectivity index (χ0v) is 15.7. The van der Waals surface area contributed by atoms with E-state index in [4.69, 9.17) is 11.6 Å². The molecule has 1 saturated heterocycles. The van der Waals surface area contributed by atoms with Crippen molar-refractivity contribution in [2.45, 2.75) is 39.3 Å². The molecular formula is C18H23ClN6O. The minimum absolute atomic E-state index is 0.156. The number of pyridine rings is 1. The first kappa shape index (κ1) is 17.3. The largest absolute Gasteiger partial charge is 0.334 e. The number of nitrogens with one attached hydrogen (secondary N) is 3. The predicted octanol–water partition coefficient (Wildman–Crippen LogP) is 2.66. The van der Waals surface area contributed by atoms with Crippen LogP contribution in [0.15, 0.2) is 18.5 Å². The van der Waals surface area contributed by atoms with Crippen LogP contribution in [-0.4, -0.2) is 39.9 Å². The van der Waals surface area contributed by atoms with Crippen LogP contribution in [0.4, 0.5) is 10.6 Å². The van der Waals surface area contributed by atoms with Gasteiger partial charge in [-0.15, -0.1) is 0 Å². The van der Waals surface area contributed by atoms with Gasteiger partial charge in [-0.3, -0.25) is 10.00 Å². The summed E-state index contributed by atoms with van der Waals surface area (Å²) in [5.41, 5.74) is 3.22. The van der Waals surface area contributed by atoms with Crippen molar-refractivity contribution in [3.63, 3.8) is 0 Å². The number of hydrogen-bond acceptors (Lipinski definition) is 4. The second-order valence-corrected chi connectivity index (χ2v) is 8.25. The van der Waals surface area contributed by atoms with E-state index in [0.717, 1.165) is 43.6 Å². The van der Waals surface area contributed by atoms with Crippen molar-refractivity contribution in [1.82, 2.24) is 25.4 Å². The Morgan fingerprint density at radius 3 is 3.00 bits per heavy atom. The lowest BCUT2D eigenvalue weighted by Crippen LogP contribution is -2.39. The first-order chi connectivity index (χ1) is 12.4. The lowest BCUT2D eigenvalue weighted by Gasteiger charge is -2.15. The number of urea groups is 1. The maximum Gasteiger partial charge on any atom is 0.320 e. The molecule has 2 amide bonds. The number of carbonyl (C=O) groups is 1. The van der Waals surface area contributed by atoms with Gasteiger partial charge in [-0.05, 0) is 30.9 Å². The van der Waals surface area contributed by atoms with Crippen LogP contribution in [0.3, 0.4) is 0 Å². The SMILES string of the molecule is CC1(C)Cc2c(-c3cc(NC(=O)NC4CCNC4)ncc3Cl)cnn2C1. The first-order valence-electron chi connectivity index (χ1n) is 8.90. The maximum atomic E-state index is 12.2. The average molecular weight is 375 g/mol. The smallest absolute Gasteiger partial charge is 0.320 e. The summed E-state index contributed by atoms with van der Waals surface area (Å²) >= 11 is 6.40. The van der Waals surface area contributed by atoms with Gasteiger partial charge >= 0.3 is 6.03 Å². The predicted molar refractivity (Wildman–Crippen MR) is 101 cm³/mol. The molecule has 0 spiro atoms. The van der Waals surface area contributed by atoms with Crippen LogP contribution in [0.2, 0.25) is 5.02 Å². The van der Waals surface area contributed by atoms with E-state index in [1.807, 2.05) is 16.9 Å². The van der Waals surface area contributed by atoms with Gasteiger partial charge in [0.25, 0.3) is 0 Å². The molecule has 0 saturated carbocycles. The molecule has 2 aromatic rings. The van der Waals surface area contributed by atoms with Crippen molar-refractivity contribution in [2.24, 2.45) is 5.41 Å². The fourth-order valence-corrected chi connectivity index (χ4v) is 3.91. The van der Waals surface area contributed by atoms with E-state index < -0.39 is 0 Å². The van der Waals surface area contributed by atoms with Gasteiger partial charge in [-0.25, -0.2) is 9.78 Å². The monoisotopic (exact) mass is 374 g/mol. The van der Waals surface area contributed by atoms with Crippen LogP contribution in [0.5, 0.6) is 0 Å². The molecule has 2 aliphatic heterocycles. The molecule has 2 aromatic heterocycles. The number of rotatable bonds is 3. The van der Waals surface area contributed by atoms with E-state index in [1.54, 1.807) is 6.20 Å². The summed E-state index contributed by atoms with van der Waals surface area (Å²) in [5, 5.41) is 14.0. The van der Waals surface area contributed by atoms with Gasteiger partial charge in [0.15, 0.2) is 0 Å². The van der Waals surface area contributed by atoms with Crippen molar-refractivity contribution >= 4 is 23.4 Å². The highest BCUT2D eigenvalue weighted by molar-refractivity contribution is 6.33. The molecule has 26 heavy (non-hydrogen) atoms. The molecule has 2 aliphatic rings. The number of fused-ring (bicyclic) bond motifs is 1. The van der Waals surface area contributed by atoms with E-state index in [2.05, 4.69) is 39.9 Å². The highest BCUT2D eigenvalue weighted by atomic mass is 35.5. The lowest BCUT2D eigenvalue weighted by atomic mass is 9.89. The fraction of sp³-hybridized carbons (Fsp3) is 0.500. The van der Waals surface area contributed by atoms with Gasteiger partial charge in [0.2, 0.25) is 0 Å². The number of nitrogens with zero attached hydrogens (tertiary/aromatic N) is 3. The molecule has 0 bridgehead atoms. The highest BCUT2D eigenvalue weighted by Gasteiger charge is 2.32. The van der Waals surface area contributed by atoms with E-state index >= 15 is 0 Å². The molecule has 0 aliphatic carbocycles. The number of carbonyl (C=O) groups excluding carboxylic acids is 1. The molecule has 7 nitrogen and oxygen atoms in total. The number of anilines is 1. The number of amides is 2. The molecule has 8 heteroatoms. The molecule has 1 atom stereocenters. The Kier molecular flexibility index (Phi) is 4.36. The number of hydrogen-bond donors (Lipinski definition) is 3. The third-order valence-corrected chi connectivity index (χ3v) is 5.26. The summed E-state index contributed by atoms with van der Waals surface area (Å²) < 4.78 is 2.04. The second-order valence-electron chi connectivity index (χ2n) is 7.84. The van der Waals surface area contributed by atoms with Crippen molar-refractivity contribution in [1.29, 1.82) is 0 Å². The van der Waals surface area contributed by atoms with Gasteiger partial charge in [-0.2, -0.15) is 5.10 Å². The second kappa shape index (κ2) is 6.55. The quantitative estimate of drug-likeness (QED) is 0.771. The van der Waals surface area contributed by atoms with E-state index in [0.29, 0.717) is 10.8 Å². The summed E-state index contributed by atoms with van der Waals surface area (Å²) in [7, 11) is 0. The van der Waals surface area contributed by atoms with Crippen LogP contribution in [0.25, 0.3) is 11.1 Å². The topological polar surface area (TPSA) is 83.9 Å². The van der Waals surface area contributed by atoms with Crippen LogP contribution >= 0.6 is 11.6 Å². The molecule has 1 unspecified atom stereocenters. The minimum Gasteiger partial charge on any atom is -0.334 e. The zero-order chi connectivity index (χ0) is 18.3. The van der Waals surface area contributed by atoms with Crippen LogP contribution < -0.4 is 16.0 Å². The van der Waals surface area contributed by atoms with Gasteiger partial charge in [0.05, 0.1) is 11.2 Å². The molecule has 1 fully saturated rings. The molecule has 0 radical (unpaired) electrons. The standard InChI is InChI=1S/C18H23ClN6O/c1-18(2)6-15-13(8-22-25(15)10-18)12-5-16(21-9-14(12)19)24-17(26)23-11-3-4-20-7-11/h5,8-9,11,20H,3-4,6-7,10H2,1-2H3,(H2,21,23,24,26). The molecular weight excluding hydrogens is 352 g/mol. The van der Waals surface area contributed by atoms with Crippen molar-refractivity contribution in [3.8, 4) is 11.1 Å². The zero-order valence-electron chi connectivity index (χ0n) is 15.0. The van der Waals surface area contributed by atoms with Crippen LogP contribution in [-0.2, 0) is 13.0 Å². The van der Waals surface area contributed by atoms with Gasteiger partial charge in [0, 0.05) is 42.1 Å². The molecule has 3 N–H and O–H groups in total. The minimum atomic E-state index is -0.249. The van der Waals surface area contributed by atoms with Crippen molar-refractivity contribution in [3.05, 3.63) is 29.2 Å². The summed E-state index contributed by atoms with van der Waals surface area (Å²) in [5.74, 6) is 0.477. The Bertz CT molecular complexity index is 840. The molecule has 138 valence electrons. The Morgan fingerprint density at radius 1 is 1.38 bits per heavy atom. The molecule has 0 aromatic carbocycles. The third kappa shape index (κ3) is 3.41. The number of aromatic nitrogens is 3. The Labute approximate surface area is 157 Å². The van der Waals surface area contributed by atoms with E-state index in [-0.39, 0.29) is 17.5 Å². The normalized spacial score (nSPS) is 20.8. The van der Waals surface area contributed by atoms with E-state index in [9.17, 15) is 4.79 Å². The summed E-state index contributed by atoms with van der Waals surface area (Å²) in [6, 6.07) is 1.72. The van der Waals surface area contributed by atoms with Crippen molar-refractivity contribution < 1.29 is 4.79 Å². The average Bonchev–Trinajstić information content (AvgIpc) is 3.25. The van der Waals surface area contributed by atoms with Crippen molar-refractivity contribution in [2.75, 3.05) is 18.4 Å². The third-order valence-electron chi connectivity index (χ3n) is 4.96. The lowest BCUT2D eigenvalue weighted by molar-refractivity contribution is 0.249.